The van der Waals surface area contributed by atoms with E-state index in [1.807, 2.05) is 6.07 Å². The van der Waals surface area contributed by atoms with E-state index in [0.29, 0.717) is 11.1 Å². The Bertz CT molecular complexity index is 620. The third kappa shape index (κ3) is 1.39. The van der Waals surface area contributed by atoms with Gasteiger partial charge in [-0.25, -0.2) is 0 Å². The van der Waals surface area contributed by atoms with Crippen molar-refractivity contribution in [1.29, 1.82) is 0 Å². The Morgan fingerprint density at radius 2 is 2.00 bits per heavy atom. The highest BCUT2D eigenvalue weighted by molar-refractivity contribution is 9.08. The van der Waals surface area contributed by atoms with Crippen LogP contribution in [0.15, 0.2) is 23.0 Å². The van der Waals surface area contributed by atoms with Crippen molar-refractivity contribution in [2.75, 3.05) is 6.79 Å². The maximum absolute atomic E-state index is 11.4. The highest BCUT2D eigenvalue weighted by Crippen LogP contribution is 2.36. The lowest BCUT2D eigenvalue weighted by Gasteiger charge is -2.04. The summed E-state index contributed by atoms with van der Waals surface area (Å²) in [5.41, 5.74) is 1.60. The SMILES string of the molecule is O=c1cc(CBr)c2cc3c(cc2[nH]1)OCO3. The van der Waals surface area contributed by atoms with Crippen LogP contribution in [0.4, 0.5) is 0 Å². The number of benzene rings is 1. The molecular weight excluding hydrogens is 274 g/mol. The molecule has 1 aliphatic heterocycles. The topological polar surface area (TPSA) is 51.3 Å². The standard InChI is InChI=1S/C11H8BrNO3/c12-4-6-1-11(14)13-8-3-10-9(2-7(6)8)15-5-16-10/h1-3H,4-5H2,(H,13,14). The second-order valence-electron chi connectivity index (χ2n) is 3.54. The molecule has 4 nitrogen and oxygen atoms in total. The van der Waals surface area contributed by atoms with Gasteiger partial charge in [-0.15, -0.1) is 0 Å². The molecule has 0 aliphatic carbocycles. The summed E-state index contributed by atoms with van der Waals surface area (Å²) in [7, 11) is 0. The average molecular weight is 282 g/mol. The number of hydrogen-bond donors (Lipinski definition) is 1. The molecule has 0 fully saturated rings. The van der Waals surface area contributed by atoms with E-state index in [0.717, 1.165) is 22.2 Å². The maximum Gasteiger partial charge on any atom is 0.248 e. The number of fused-ring (bicyclic) bond motifs is 2. The highest BCUT2D eigenvalue weighted by atomic mass is 79.9. The van der Waals surface area contributed by atoms with Crippen LogP contribution in [-0.4, -0.2) is 11.8 Å². The van der Waals surface area contributed by atoms with E-state index in [9.17, 15) is 4.79 Å². The van der Waals surface area contributed by atoms with Gasteiger partial charge in [0.25, 0.3) is 0 Å². The minimum atomic E-state index is -0.110. The molecule has 0 saturated heterocycles. The van der Waals surface area contributed by atoms with Crippen LogP contribution in [0.3, 0.4) is 0 Å². The van der Waals surface area contributed by atoms with Gasteiger partial charge in [0.05, 0.1) is 5.52 Å². The minimum Gasteiger partial charge on any atom is -0.454 e. The molecule has 0 bridgehead atoms. The van der Waals surface area contributed by atoms with E-state index in [1.54, 1.807) is 12.1 Å². The zero-order valence-electron chi connectivity index (χ0n) is 8.25. The first-order valence-corrected chi connectivity index (χ1v) is 5.91. The lowest BCUT2D eigenvalue weighted by Crippen LogP contribution is -2.05. The second kappa shape index (κ2) is 3.52. The van der Waals surface area contributed by atoms with Crippen LogP contribution >= 0.6 is 15.9 Å². The molecule has 0 spiro atoms. The summed E-state index contributed by atoms with van der Waals surface area (Å²) in [6.45, 7) is 0.236. The molecule has 1 aromatic heterocycles. The van der Waals surface area contributed by atoms with Crippen LogP contribution in [0, 0.1) is 0 Å². The number of rotatable bonds is 1. The van der Waals surface area contributed by atoms with Crippen molar-refractivity contribution in [2.24, 2.45) is 0 Å². The first-order valence-electron chi connectivity index (χ1n) is 4.79. The van der Waals surface area contributed by atoms with Gasteiger partial charge in [0.1, 0.15) is 0 Å². The van der Waals surface area contributed by atoms with Gasteiger partial charge in [-0.1, -0.05) is 15.9 Å². The van der Waals surface area contributed by atoms with Crippen LogP contribution in [-0.2, 0) is 5.33 Å². The van der Waals surface area contributed by atoms with E-state index in [1.165, 1.54) is 0 Å². The number of nitrogens with one attached hydrogen (secondary N) is 1. The van der Waals surface area contributed by atoms with Crippen LogP contribution in [0.25, 0.3) is 10.9 Å². The fourth-order valence-corrected chi connectivity index (χ4v) is 2.29. The van der Waals surface area contributed by atoms with E-state index in [4.69, 9.17) is 9.47 Å². The Morgan fingerprint density at radius 3 is 2.75 bits per heavy atom. The summed E-state index contributed by atoms with van der Waals surface area (Å²) < 4.78 is 10.6. The molecule has 16 heavy (non-hydrogen) atoms. The molecule has 2 aromatic rings. The van der Waals surface area contributed by atoms with Crippen LogP contribution < -0.4 is 15.0 Å². The smallest absolute Gasteiger partial charge is 0.248 e. The number of halogens is 1. The molecule has 1 N–H and O–H groups in total. The quantitative estimate of drug-likeness (QED) is 0.815. The normalized spacial score (nSPS) is 13.3. The predicted octanol–water partition coefficient (Wildman–Crippen LogP) is 2.15. The Balaban J connectivity index is 2.39. The van der Waals surface area contributed by atoms with E-state index in [-0.39, 0.29) is 12.4 Å². The maximum atomic E-state index is 11.4. The first-order chi connectivity index (χ1) is 7.78. The van der Waals surface area contributed by atoms with Crippen molar-refractivity contribution >= 4 is 26.8 Å². The summed E-state index contributed by atoms with van der Waals surface area (Å²) in [6, 6.07) is 5.27. The lowest BCUT2D eigenvalue weighted by molar-refractivity contribution is 0.174. The van der Waals surface area contributed by atoms with Crippen molar-refractivity contribution < 1.29 is 9.47 Å². The van der Waals surface area contributed by atoms with Gasteiger partial charge in [-0.3, -0.25) is 4.79 Å². The summed E-state index contributed by atoms with van der Waals surface area (Å²) in [4.78, 5) is 14.2. The Kier molecular flexibility index (Phi) is 2.14. The largest absolute Gasteiger partial charge is 0.454 e. The van der Waals surface area contributed by atoms with Gasteiger partial charge in [0, 0.05) is 22.8 Å². The number of ether oxygens (including phenoxy) is 2. The Labute approximate surface area is 99.3 Å². The third-order valence-corrected chi connectivity index (χ3v) is 3.17. The molecule has 1 aromatic carbocycles. The molecule has 1 aliphatic rings. The van der Waals surface area contributed by atoms with Crippen LogP contribution in [0.2, 0.25) is 0 Å². The summed E-state index contributed by atoms with van der Waals surface area (Å²) in [5.74, 6) is 1.40. The van der Waals surface area contributed by atoms with E-state index >= 15 is 0 Å². The fraction of sp³-hybridized carbons (Fsp3) is 0.182. The number of pyridine rings is 1. The lowest BCUT2D eigenvalue weighted by atomic mass is 10.1. The van der Waals surface area contributed by atoms with Gasteiger partial charge in [0.15, 0.2) is 11.5 Å². The van der Waals surface area contributed by atoms with Crippen molar-refractivity contribution in [3.63, 3.8) is 0 Å². The first kappa shape index (κ1) is 9.72. The summed E-state index contributed by atoms with van der Waals surface area (Å²) >= 11 is 3.37. The molecule has 0 atom stereocenters. The summed E-state index contributed by atoms with van der Waals surface area (Å²) in [5, 5.41) is 1.60. The number of aromatic nitrogens is 1. The molecule has 82 valence electrons. The number of hydrogen-bond acceptors (Lipinski definition) is 3. The molecule has 3 rings (SSSR count). The zero-order chi connectivity index (χ0) is 11.1. The van der Waals surface area contributed by atoms with Gasteiger partial charge >= 0.3 is 0 Å². The summed E-state index contributed by atoms with van der Waals surface area (Å²) in [6.07, 6.45) is 0. The van der Waals surface area contributed by atoms with Gasteiger partial charge in [-0.2, -0.15) is 0 Å². The molecule has 0 saturated carbocycles. The monoisotopic (exact) mass is 281 g/mol. The molecular formula is C11H8BrNO3. The molecule has 0 amide bonds. The third-order valence-electron chi connectivity index (χ3n) is 2.57. The van der Waals surface area contributed by atoms with Crippen LogP contribution in [0.1, 0.15) is 5.56 Å². The van der Waals surface area contributed by atoms with Gasteiger partial charge in [-0.05, 0) is 11.6 Å². The zero-order valence-corrected chi connectivity index (χ0v) is 9.83. The highest BCUT2D eigenvalue weighted by Gasteiger charge is 2.15. The molecule has 2 heterocycles. The van der Waals surface area contributed by atoms with Crippen molar-refractivity contribution in [1.82, 2.24) is 4.98 Å². The Morgan fingerprint density at radius 1 is 1.25 bits per heavy atom. The van der Waals surface area contributed by atoms with E-state index in [2.05, 4.69) is 20.9 Å². The predicted molar refractivity (Wildman–Crippen MR) is 63.3 cm³/mol. The molecule has 0 radical (unpaired) electrons. The number of alkyl halides is 1. The fourth-order valence-electron chi connectivity index (χ4n) is 1.83. The van der Waals surface area contributed by atoms with Crippen molar-refractivity contribution in [3.8, 4) is 11.5 Å². The van der Waals surface area contributed by atoms with Crippen molar-refractivity contribution in [2.45, 2.75) is 5.33 Å². The van der Waals surface area contributed by atoms with E-state index < -0.39 is 0 Å². The number of H-pyrrole nitrogens is 1. The van der Waals surface area contributed by atoms with Gasteiger partial charge in [0.2, 0.25) is 12.4 Å². The Hall–Kier alpha value is -1.49. The molecule has 0 unspecified atom stereocenters. The second-order valence-corrected chi connectivity index (χ2v) is 4.10. The number of aromatic amines is 1. The molecule has 5 heteroatoms. The van der Waals surface area contributed by atoms with Gasteiger partial charge < -0.3 is 14.5 Å². The average Bonchev–Trinajstić information content (AvgIpc) is 2.72. The van der Waals surface area contributed by atoms with Crippen molar-refractivity contribution in [3.05, 3.63) is 34.1 Å². The van der Waals surface area contributed by atoms with Crippen LogP contribution in [0.5, 0.6) is 11.5 Å². The minimum absolute atomic E-state index is 0.110.